The fourth-order valence-electron chi connectivity index (χ4n) is 1.46. The maximum absolute atomic E-state index is 11.2. The van der Waals surface area contributed by atoms with Crippen molar-refractivity contribution < 1.29 is 13.5 Å². The van der Waals surface area contributed by atoms with Gasteiger partial charge in [-0.15, -0.1) is 0 Å². The lowest BCUT2D eigenvalue weighted by molar-refractivity contribution is 0.108. The average Bonchev–Trinajstić information content (AvgIpc) is 2.15. The first-order valence-corrected chi connectivity index (χ1v) is 7.27. The van der Waals surface area contributed by atoms with Crippen LogP contribution in [0.3, 0.4) is 0 Å². The molecule has 0 aliphatic rings. The Morgan fingerprint density at radius 3 is 2.25 bits per heavy atom. The molecule has 0 aliphatic heterocycles. The van der Waals surface area contributed by atoms with E-state index in [4.69, 9.17) is 0 Å². The molecule has 0 saturated carbocycles. The lowest BCUT2D eigenvalue weighted by Gasteiger charge is -2.27. The van der Waals surface area contributed by atoms with Crippen molar-refractivity contribution >= 4 is 10.0 Å². The van der Waals surface area contributed by atoms with Crippen LogP contribution in [0.25, 0.3) is 0 Å². The van der Waals surface area contributed by atoms with Crippen LogP contribution in [0, 0.1) is 0 Å². The molecule has 0 radical (unpaired) electrons. The van der Waals surface area contributed by atoms with Gasteiger partial charge in [-0.05, 0) is 40.8 Å². The fraction of sp³-hybridized carbons (Fsp3) is 1.00. The zero-order valence-electron chi connectivity index (χ0n) is 10.6. The van der Waals surface area contributed by atoms with Crippen LogP contribution in [0.15, 0.2) is 0 Å². The molecule has 0 aliphatic carbocycles. The Morgan fingerprint density at radius 1 is 1.31 bits per heavy atom. The standard InChI is InChI=1S/C10H24N2O3S/c1-9(2)12(8-10(3)13)6-5-7-16(14,15)11-4/h9-11,13H,5-8H2,1-4H3. The number of nitrogens with zero attached hydrogens (tertiary/aromatic N) is 1. The van der Waals surface area contributed by atoms with Gasteiger partial charge in [0.15, 0.2) is 0 Å². The molecule has 0 fully saturated rings. The molecule has 0 aromatic rings. The van der Waals surface area contributed by atoms with Crippen LogP contribution in [0.2, 0.25) is 0 Å². The first-order valence-electron chi connectivity index (χ1n) is 5.62. The smallest absolute Gasteiger partial charge is 0.211 e. The van der Waals surface area contributed by atoms with E-state index in [0.717, 1.165) is 0 Å². The van der Waals surface area contributed by atoms with Crippen molar-refractivity contribution in [3.63, 3.8) is 0 Å². The number of aliphatic hydroxyl groups excluding tert-OH is 1. The summed E-state index contributed by atoms with van der Waals surface area (Å²) in [6, 6.07) is 0.312. The monoisotopic (exact) mass is 252 g/mol. The van der Waals surface area contributed by atoms with Gasteiger partial charge >= 0.3 is 0 Å². The highest BCUT2D eigenvalue weighted by atomic mass is 32.2. The van der Waals surface area contributed by atoms with Crippen LogP contribution in [0.5, 0.6) is 0 Å². The number of aliphatic hydroxyl groups is 1. The molecule has 5 nitrogen and oxygen atoms in total. The molecule has 16 heavy (non-hydrogen) atoms. The van der Waals surface area contributed by atoms with Crippen molar-refractivity contribution in [3.05, 3.63) is 0 Å². The van der Waals surface area contributed by atoms with Crippen molar-refractivity contribution in [2.24, 2.45) is 0 Å². The second-order valence-electron chi connectivity index (χ2n) is 4.31. The first-order chi connectivity index (χ1) is 7.28. The van der Waals surface area contributed by atoms with E-state index in [2.05, 4.69) is 9.62 Å². The van der Waals surface area contributed by atoms with Gasteiger partial charge in [-0.2, -0.15) is 0 Å². The van der Waals surface area contributed by atoms with E-state index in [1.165, 1.54) is 7.05 Å². The Labute approximate surface area is 98.9 Å². The highest BCUT2D eigenvalue weighted by Gasteiger charge is 2.13. The van der Waals surface area contributed by atoms with E-state index < -0.39 is 10.0 Å². The Bertz CT molecular complexity index is 276. The summed E-state index contributed by atoms with van der Waals surface area (Å²) in [4.78, 5) is 2.08. The predicted octanol–water partition coefficient (Wildman–Crippen LogP) is 0.0169. The Balaban J connectivity index is 4.04. The van der Waals surface area contributed by atoms with Gasteiger partial charge in [0.05, 0.1) is 11.9 Å². The van der Waals surface area contributed by atoms with Gasteiger partial charge in [-0.25, -0.2) is 13.1 Å². The summed E-state index contributed by atoms with van der Waals surface area (Å²) in [7, 11) is -1.69. The van der Waals surface area contributed by atoms with E-state index in [1.807, 2.05) is 13.8 Å². The van der Waals surface area contributed by atoms with E-state index in [1.54, 1.807) is 6.92 Å². The summed E-state index contributed by atoms with van der Waals surface area (Å²) in [5.41, 5.74) is 0. The average molecular weight is 252 g/mol. The summed E-state index contributed by atoms with van der Waals surface area (Å²) < 4.78 is 24.7. The molecular formula is C10H24N2O3S. The molecule has 98 valence electrons. The largest absolute Gasteiger partial charge is 0.392 e. The lowest BCUT2D eigenvalue weighted by atomic mass is 10.2. The molecule has 0 aromatic heterocycles. The van der Waals surface area contributed by atoms with E-state index >= 15 is 0 Å². The topological polar surface area (TPSA) is 69.6 Å². The normalized spacial score (nSPS) is 14.7. The van der Waals surface area contributed by atoms with Crippen molar-refractivity contribution in [2.45, 2.75) is 39.3 Å². The lowest BCUT2D eigenvalue weighted by Crippen LogP contribution is -2.38. The Kier molecular flexibility index (Phi) is 7.14. The minimum absolute atomic E-state index is 0.131. The number of hydrogen-bond acceptors (Lipinski definition) is 4. The van der Waals surface area contributed by atoms with Gasteiger partial charge in [-0.1, -0.05) is 0 Å². The minimum atomic E-state index is -3.11. The third kappa shape index (κ3) is 7.16. The second-order valence-corrected chi connectivity index (χ2v) is 6.36. The van der Waals surface area contributed by atoms with Crippen molar-refractivity contribution in [2.75, 3.05) is 25.9 Å². The van der Waals surface area contributed by atoms with E-state index in [9.17, 15) is 13.5 Å². The third-order valence-electron chi connectivity index (χ3n) is 2.40. The molecule has 0 aromatic carbocycles. The quantitative estimate of drug-likeness (QED) is 0.639. The molecule has 0 heterocycles. The second kappa shape index (κ2) is 7.21. The Morgan fingerprint density at radius 2 is 1.88 bits per heavy atom. The molecule has 0 bridgehead atoms. The predicted molar refractivity (Wildman–Crippen MR) is 65.9 cm³/mol. The molecule has 0 saturated heterocycles. The van der Waals surface area contributed by atoms with Crippen LogP contribution in [0.4, 0.5) is 0 Å². The maximum atomic E-state index is 11.2. The SMILES string of the molecule is CNS(=O)(=O)CCCN(CC(C)O)C(C)C. The van der Waals surface area contributed by atoms with Gasteiger partial charge < -0.3 is 5.11 Å². The van der Waals surface area contributed by atoms with Crippen LogP contribution in [-0.2, 0) is 10.0 Å². The van der Waals surface area contributed by atoms with Crippen molar-refractivity contribution in [1.29, 1.82) is 0 Å². The molecule has 0 amide bonds. The highest BCUT2D eigenvalue weighted by molar-refractivity contribution is 7.89. The third-order valence-corrected chi connectivity index (χ3v) is 3.85. The molecule has 1 unspecified atom stereocenters. The summed E-state index contributed by atoms with van der Waals surface area (Å²) in [5.74, 6) is 0.131. The Hall–Kier alpha value is -0.170. The number of rotatable bonds is 8. The van der Waals surface area contributed by atoms with Crippen LogP contribution < -0.4 is 4.72 Å². The molecule has 2 N–H and O–H groups in total. The molecule has 1 atom stereocenters. The summed E-state index contributed by atoms with van der Waals surface area (Å²) >= 11 is 0. The maximum Gasteiger partial charge on any atom is 0.211 e. The summed E-state index contributed by atoms with van der Waals surface area (Å²) in [6.07, 6.45) is 0.192. The van der Waals surface area contributed by atoms with Gasteiger partial charge in [0.25, 0.3) is 0 Å². The van der Waals surface area contributed by atoms with Crippen molar-refractivity contribution in [1.82, 2.24) is 9.62 Å². The van der Waals surface area contributed by atoms with Gasteiger partial charge in [-0.3, -0.25) is 4.90 Å². The molecule has 6 heteroatoms. The van der Waals surface area contributed by atoms with Gasteiger partial charge in [0.2, 0.25) is 10.0 Å². The molecular weight excluding hydrogens is 228 g/mol. The zero-order chi connectivity index (χ0) is 12.8. The molecule has 0 spiro atoms. The number of nitrogens with one attached hydrogen (secondary N) is 1. The number of hydrogen-bond donors (Lipinski definition) is 2. The highest BCUT2D eigenvalue weighted by Crippen LogP contribution is 2.02. The van der Waals surface area contributed by atoms with Crippen molar-refractivity contribution in [3.8, 4) is 0 Å². The molecule has 0 rings (SSSR count). The summed E-state index contributed by atoms with van der Waals surface area (Å²) in [5, 5.41) is 9.30. The minimum Gasteiger partial charge on any atom is -0.392 e. The van der Waals surface area contributed by atoms with Crippen LogP contribution in [-0.4, -0.2) is 56.5 Å². The van der Waals surface area contributed by atoms with Gasteiger partial charge in [0.1, 0.15) is 0 Å². The van der Waals surface area contributed by atoms with E-state index in [-0.39, 0.29) is 11.9 Å². The van der Waals surface area contributed by atoms with Crippen LogP contribution >= 0.6 is 0 Å². The first kappa shape index (κ1) is 15.8. The number of sulfonamides is 1. The van der Waals surface area contributed by atoms with Gasteiger partial charge in [0, 0.05) is 12.6 Å². The summed E-state index contributed by atoms with van der Waals surface area (Å²) in [6.45, 7) is 7.07. The zero-order valence-corrected chi connectivity index (χ0v) is 11.4. The van der Waals surface area contributed by atoms with E-state index in [0.29, 0.717) is 25.6 Å². The fourth-order valence-corrected chi connectivity index (χ4v) is 2.17. The van der Waals surface area contributed by atoms with Crippen LogP contribution in [0.1, 0.15) is 27.2 Å².